The molecule has 0 aromatic heterocycles. The van der Waals surface area contributed by atoms with E-state index in [0.29, 0.717) is 56.0 Å². The van der Waals surface area contributed by atoms with E-state index in [0.717, 1.165) is 68.2 Å². The molecule has 0 amide bonds. The SMILES string of the molecule is C=CC(=O)OCCCCOC(=O)C1CCC(C2CCC(CC(=O)Oc3ccc4ccccc4c3)CC2)CC1. The fraction of sp³-hybridized carbons (Fsp3) is 0.531. The smallest absolute Gasteiger partial charge is 0.330 e. The molecular weight excluding hydrogens is 480 g/mol. The number of hydrogen-bond acceptors (Lipinski definition) is 6. The average Bonchev–Trinajstić information content (AvgIpc) is 2.95. The van der Waals surface area contributed by atoms with E-state index in [-0.39, 0.29) is 17.9 Å². The summed E-state index contributed by atoms with van der Waals surface area (Å²) in [6.45, 7) is 4.05. The number of ether oxygens (including phenoxy) is 3. The normalized spacial score (nSPS) is 23.4. The molecule has 2 saturated carbocycles. The Balaban J connectivity index is 1.09. The first kappa shape index (κ1) is 27.9. The molecule has 204 valence electrons. The third-order valence-corrected chi connectivity index (χ3v) is 8.27. The summed E-state index contributed by atoms with van der Waals surface area (Å²) in [5.74, 6) is 1.73. The van der Waals surface area contributed by atoms with E-state index in [2.05, 4.69) is 6.58 Å². The van der Waals surface area contributed by atoms with Crippen molar-refractivity contribution in [2.24, 2.45) is 23.7 Å². The van der Waals surface area contributed by atoms with Crippen molar-refractivity contribution in [2.75, 3.05) is 13.2 Å². The molecule has 0 heterocycles. The van der Waals surface area contributed by atoms with Gasteiger partial charge in [-0.25, -0.2) is 4.79 Å². The molecule has 0 unspecified atom stereocenters. The van der Waals surface area contributed by atoms with Gasteiger partial charge >= 0.3 is 17.9 Å². The van der Waals surface area contributed by atoms with Crippen molar-refractivity contribution in [3.63, 3.8) is 0 Å². The van der Waals surface area contributed by atoms with Crippen molar-refractivity contribution in [2.45, 2.75) is 70.6 Å². The van der Waals surface area contributed by atoms with Crippen LogP contribution in [0.3, 0.4) is 0 Å². The van der Waals surface area contributed by atoms with Gasteiger partial charge in [0.05, 0.1) is 19.1 Å². The van der Waals surface area contributed by atoms with E-state index in [4.69, 9.17) is 14.2 Å². The van der Waals surface area contributed by atoms with Crippen LogP contribution >= 0.6 is 0 Å². The summed E-state index contributed by atoms with van der Waals surface area (Å²) in [4.78, 5) is 36.0. The number of fused-ring (bicyclic) bond motifs is 1. The van der Waals surface area contributed by atoms with E-state index >= 15 is 0 Å². The lowest BCUT2D eigenvalue weighted by atomic mass is 9.69. The molecule has 2 aliphatic rings. The molecule has 2 fully saturated rings. The maximum absolute atomic E-state index is 12.6. The Kier molecular flexibility index (Phi) is 10.4. The van der Waals surface area contributed by atoms with Crippen LogP contribution in [0.25, 0.3) is 10.8 Å². The summed E-state index contributed by atoms with van der Waals surface area (Å²) in [6, 6.07) is 13.9. The van der Waals surface area contributed by atoms with Gasteiger partial charge in [0.15, 0.2) is 0 Å². The zero-order valence-electron chi connectivity index (χ0n) is 22.3. The summed E-state index contributed by atoms with van der Waals surface area (Å²) < 4.78 is 16.1. The van der Waals surface area contributed by atoms with Gasteiger partial charge in [-0.2, -0.15) is 0 Å². The summed E-state index contributed by atoms with van der Waals surface area (Å²) in [6.07, 6.45) is 11.4. The summed E-state index contributed by atoms with van der Waals surface area (Å²) in [7, 11) is 0. The van der Waals surface area contributed by atoms with Gasteiger partial charge in [0.25, 0.3) is 0 Å². The van der Waals surface area contributed by atoms with Crippen LogP contribution in [0.5, 0.6) is 5.75 Å². The van der Waals surface area contributed by atoms with Crippen molar-refractivity contribution >= 4 is 28.7 Å². The second-order valence-corrected chi connectivity index (χ2v) is 10.8. The van der Waals surface area contributed by atoms with Crippen LogP contribution in [-0.2, 0) is 23.9 Å². The van der Waals surface area contributed by atoms with Gasteiger partial charge in [-0.05, 0) is 105 Å². The van der Waals surface area contributed by atoms with Gasteiger partial charge in [0.2, 0.25) is 0 Å². The minimum absolute atomic E-state index is 0.00561. The predicted octanol–water partition coefficient (Wildman–Crippen LogP) is 6.80. The van der Waals surface area contributed by atoms with Crippen molar-refractivity contribution in [3.05, 3.63) is 55.1 Å². The Labute approximate surface area is 225 Å². The number of carbonyl (C=O) groups is 3. The maximum atomic E-state index is 12.6. The average molecular weight is 521 g/mol. The van der Waals surface area contributed by atoms with E-state index in [9.17, 15) is 14.4 Å². The largest absolute Gasteiger partial charge is 0.465 e. The Bertz CT molecular complexity index is 1090. The van der Waals surface area contributed by atoms with E-state index in [1.807, 2.05) is 42.5 Å². The number of rotatable bonds is 11. The summed E-state index contributed by atoms with van der Waals surface area (Å²) >= 11 is 0. The van der Waals surface area contributed by atoms with Crippen LogP contribution in [0.15, 0.2) is 55.1 Å². The lowest BCUT2D eigenvalue weighted by Crippen LogP contribution is -2.29. The number of esters is 3. The first-order chi connectivity index (χ1) is 18.5. The standard InChI is InChI=1S/C32H40O6/c1-2-30(33)36-19-5-6-20-37-32(35)27-15-13-26(14-16-27)25-11-9-23(10-12-25)21-31(34)38-29-18-17-24-7-3-4-8-28(24)22-29/h2-4,7-8,17-18,22-23,25-27H,1,5-6,9-16,19-21H2. The lowest BCUT2D eigenvalue weighted by Gasteiger charge is -2.37. The molecule has 0 bridgehead atoms. The van der Waals surface area contributed by atoms with Crippen molar-refractivity contribution in [3.8, 4) is 5.75 Å². The van der Waals surface area contributed by atoms with Gasteiger partial charge in [0, 0.05) is 12.5 Å². The molecule has 0 aliphatic heterocycles. The monoisotopic (exact) mass is 520 g/mol. The van der Waals surface area contributed by atoms with Gasteiger partial charge in [0.1, 0.15) is 5.75 Å². The van der Waals surface area contributed by atoms with Crippen molar-refractivity contribution < 1.29 is 28.6 Å². The molecule has 6 nitrogen and oxygen atoms in total. The summed E-state index contributed by atoms with van der Waals surface area (Å²) in [5, 5.41) is 2.21. The molecule has 2 aliphatic carbocycles. The number of unbranched alkanes of at least 4 members (excludes halogenated alkanes) is 1. The quantitative estimate of drug-likeness (QED) is 0.140. The Morgan fingerprint density at radius 2 is 1.42 bits per heavy atom. The molecule has 0 radical (unpaired) electrons. The molecule has 6 heteroatoms. The summed E-state index contributed by atoms with van der Waals surface area (Å²) in [5.41, 5.74) is 0. The highest BCUT2D eigenvalue weighted by molar-refractivity contribution is 5.84. The maximum Gasteiger partial charge on any atom is 0.330 e. The van der Waals surface area contributed by atoms with Crippen LogP contribution in [0.4, 0.5) is 0 Å². The van der Waals surface area contributed by atoms with E-state index < -0.39 is 5.97 Å². The third-order valence-electron chi connectivity index (χ3n) is 8.27. The van der Waals surface area contributed by atoms with Gasteiger partial charge in [-0.15, -0.1) is 0 Å². The molecule has 0 saturated heterocycles. The van der Waals surface area contributed by atoms with Crippen LogP contribution in [0.2, 0.25) is 0 Å². The van der Waals surface area contributed by atoms with Crippen LogP contribution in [0.1, 0.15) is 70.6 Å². The molecule has 0 spiro atoms. The number of hydrogen-bond donors (Lipinski definition) is 0. The second-order valence-electron chi connectivity index (χ2n) is 10.8. The third kappa shape index (κ3) is 8.17. The Morgan fingerprint density at radius 3 is 2.11 bits per heavy atom. The molecule has 2 aromatic carbocycles. The van der Waals surface area contributed by atoms with Crippen LogP contribution < -0.4 is 4.74 Å². The second kappa shape index (κ2) is 14.1. The number of carbonyl (C=O) groups excluding carboxylic acids is 3. The first-order valence-electron chi connectivity index (χ1n) is 14.2. The topological polar surface area (TPSA) is 78.9 Å². The zero-order valence-corrected chi connectivity index (χ0v) is 22.3. The molecule has 4 rings (SSSR count). The zero-order chi connectivity index (χ0) is 26.7. The molecular formula is C32H40O6. The minimum atomic E-state index is -0.424. The Hall–Kier alpha value is -3.15. The van der Waals surface area contributed by atoms with Crippen molar-refractivity contribution in [1.29, 1.82) is 0 Å². The molecule has 2 aromatic rings. The molecule has 38 heavy (non-hydrogen) atoms. The van der Waals surface area contributed by atoms with E-state index in [1.54, 1.807) is 0 Å². The fourth-order valence-electron chi connectivity index (χ4n) is 6.06. The van der Waals surface area contributed by atoms with Gasteiger partial charge in [-0.3, -0.25) is 9.59 Å². The molecule has 0 atom stereocenters. The highest BCUT2D eigenvalue weighted by Gasteiger charge is 2.34. The number of benzene rings is 2. The van der Waals surface area contributed by atoms with Gasteiger partial charge in [-0.1, -0.05) is 36.9 Å². The fourth-order valence-corrected chi connectivity index (χ4v) is 6.06. The predicted molar refractivity (Wildman–Crippen MR) is 146 cm³/mol. The molecule has 0 N–H and O–H groups in total. The van der Waals surface area contributed by atoms with Gasteiger partial charge < -0.3 is 14.2 Å². The Morgan fingerprint density at radius 1 is 0.789 bits per heavy atom. The minimum Gasteiger partial charge on any atom is -0.465 e. The van der Waals surface area contributed by atoms with Crippen molar-refractivity contribution in [1.82, 2.24) is 0 Å². The van der Waals surface area contributed by atoms with E-state index in [1.165, 1.54) is 0 Å². The first-order valence-corrected chi connectivity index (χ1v) is 14.2. The van der Waals surface area contributed by atoms with Crippen LogP contribution in [-0.4, -0.2) is 31.1 Å². The van der Waals surface area contributed by atoms with Crippen LogP contribution in [0, 0.1) is 23.7 Å². The highest BCUT2D eigenvalue weighted by Crippen LogP contribution is 2.42. The highest BCUT2D eigenvalue weighted by atomic mass is 16.5. The lowest BCUT2D eigenvalue weighted by molar-refractivity contribution is -0.150.